The van der Waals surface area contributed by atoms with Crippen molar-refractivity contribution in [3.8, 4) is 0 Å². The van der Waals surface area contributed by atoms with Gasteiger partial charge in [-0.3, -0.25) is 14.4 Å². The van der Waals surface area contributed by atoms with Crippen molar-refractivity contribution < 1.29 is 28.6 Å². The number of carbonyl (C=O) groups excluding carboxylic acids is 3. The predicted octanol–water partition coefficient (Wildman–Crippen LogP) is 14.8. The van der Waals surface area contributed by atoms with Crippen LogP contribution in [0.5, 0.6) is 0 Å². The molecule has 6 nitrogen and oxygen atoms in total. The van der Waals surface area contributed by atoms with Gasteiger partial charge in [0.25, 0.3) is 0 Å². The summed E-state index contributed by atoms with van der Waals surface area (Å²) in [5, 5.41) is 0. The molecule has 0 bridgehead atoms. The van der Waals surface area contributed by atoms with Crippen molar-refractivity contribution in [3.63, 3.8) is 0 Å². The van der Waals surface area contributed by atoms with Crippen LogP contribution in [0.3, 0.4) is 0 Å². The summed E-state index contributed by atoms with van der Waals surface area (Å²) < 4.78 is 16.5. The molecule has 0 aliphatic carbocycles. The summed E-state index contributed by atoms with van der Waals surface area (Å²) in [5.74, 6) is -1.16. The fourth-order valence-electron chi connectivity index (χ4n) is 5.76. The van der Waals surface area contributed by atoms with Gasteiger partial charge in [-0.2, -0.15) is 0 Å². The molecule has 0 amide bonds. The van der Waals surface area contributed by atoms with Crippen molar-refractivity contribution in [1.82, 2.24) is 0 Å². The number of esters is 3. The standard InChI is InChI=1S/C52H82O6/c1-4-7-10-13-16-19-21-23-24-25-26-27-29-30-33-36-39-42-45-51(54)57-48-49(47-56-50(53)44-41-38-35-32-18-15-12-9-6-3)58-52(55)46-43-40-37-34-31-28-22-20-17-14-11-8-5-2/h8-9,11-12,14,17-18,20,22,26-28,31-32,34,37-38,41,49H,4-7,10,13,15-16,19,21,23-25,29-30,33,35-36,39-40,42-48H2,1-3H3/b11-8-,12-9-,17-14-,22-20-,27-26-,31-28-,32-18-,37-34-,41-38-. The Kier molecular flexibility index (Phi) is 42.7. The Hall–Kier alpha value is -3.93. The van der Waals surface area contributed by atoms with E-state index in [2.05, 4.69) is 63.3 Å². The van der Waals surface area contributed by atoms with E-state index in [4.69, 9.17) is 14.2 Å². The number of hydrogen-bond donors (Lipinski definition) is 0. The summed E-state index contributed by atoms with van der Waals surface area (Å²) >= 11 is 0. The molecular formula is C52H82O6. The maximum atomic E-state index is 12.7. The molecule has 0 radical (unpaired) electrons. The second-order valence-corrected chi connectivity index (χ2v) is 14.7. The average Bonchev–Trinajstić information content (AvgIpc) is 3.22. The Labute approximate surface area is 355 Å². The third kappa shape index (κ3) is 43.2. The summed E-state index contributed by atoms with van der Waals surface area (Å²) in [6.07, 6.45) is 61.2. The van der Waals surface area contributed by atoms with Crippen molar-refractivity contribution in [2.75, 3.05) is 13.2 Å². The van der Waals surface area contributed by atoms with Gasteiger partial charge in [0, 0.05) is 12.8 Å². The van der Waals surface area contributed by atoms with E-state index >= 15 is 0 Å². The van der Waals surface area contributed by atoms with Crippen molar-refractivity contribution >= 4 is 17.9 Å². The summed E-state index contributed by atoms with van der Waals surface area (Å²) in [7, 11) is 0. The Morgan fingerprint density at radius 2 is 0.845 bits per heavy atom. The average molecular weight is 803 g/mol. The number of allylic oxidation sites excluding steroid dienone is 17. The maximum absolute atomic E-state index is 12.7. The van der Waals surface area contributed by atoms with Crippen molar-refractivity contribution in [2.24, 2.45) is 0 Å². The summed E-state index contributed by atoms with van der Waals surface area (Å²) in [4.78, 5) is 37.6. The van der Waals surface area contributed by atoms with Crippen LogP contribution in [0.25, 0.3) is 0 Å². The van der Waals surface area contributed by atoms with Gasteiger partial charge in [0.05, 0.1) is 6.42 Å². The lowest BCUT2D eigenvalue weighted by Crippen LogP contribution is -2.30. The minimum atomic E-state index is -0.853. The van der Waals surface area contributed by atoms with Crippen LogP contribution in [0, 0.1) is 0 Å². The van der Waals surface area contributed by atoms with Gasteiger partial charge in [0.15, 0.2) is 6.10 Å². The van der Waals surface area contributed by atoms with Crippen LogP contribution in [0.2, 0.25) is 0 Å². The molecule has 0 rings (SSSR count). The van der Waals surface area contributed by atoms with Crippen molar-refractivity contribution in [2.45, 2.75) is 187 Å². The van der Waals surface area contributed by atoms with E-state index in [-0.39, 0.29) is 32.0 Å². The Morgan fingerprint density at radius 1 is 0.397 bits per heavy atom. The molecule has 1 atom stereocenters. The van der Waals surface area contributed by atoms with E-state index in [1.54, 1.807) is 6.08 Å². The van der Waals surface area contributed by atoms with Gasteiger partial charge >= 0.3 is 17.9 Å². The zero-order valence-corrected chi connectivity index (χ0v) is 37.0. The monoisotopic (exact) mass is 803 g/mol. The highest BCUT2D eigenvalue weighted by molar-refractivity contribution is 5.72. The quantitative estimate of drug-likeness (QED) is 0.0202. The van der Waals surface area contributed by atoms with Gasteiger partial charge in [-0.25, -0.2) is 0 Å². The normalized spacial score (nSPS) is 13.1. The van der Waals surface area contributed by atoms with Crippen LogP contribution in [0.1, 0.15) is 181 Å². The van der Waals surface area contributed by atoms with E-state index in [1.807, 2.05) is 60.8 Å². The minimum absolute atomic E-state index is 0.114. The van der Waals surface area contributed by atoms with Gasteiger partial charge in [0.1, 0.15) is 13.2 Å². The molecule has 0 spiro atoms. The van der Waals surface area contributed by atoms with Crippen LogP contribution in [-0.2, 0) is 28.6 Å². The molecule has 0 aromatic heterocycles. The lowest BCUT2D eigenvalue weighted by atomic mass is 10.1. The molecule has 0 N–H and O–H groups in total. The first kappa shape index (κ1) is 54.1. The SMILES string of the molecule is CC\C=C/C=C\C=C/C=C\C=C/CCCC(=O)OC(COC(=O)C/C=C\C/C=C\C/C=C\CC)COC(=O)CCCCCCC/C=C\CCCCCCCCCCC. The fourth-order valence-corrected chi connectivity index (χ4v) is 5.76. The Bertz CT molecular complexity index is 1240. The lowest BCUT2D eigenvalue weighted by molar-refractivity contribution is -0.166. The van der Waals surface area contributed by atoms with E-state index in [0.29, 0.717) is 19.3 Å². The molecule has 0 aromatic carbocycles. The Balaban J connectivity index is 4.50. The van der Waals surface area contributed by atoms with E-state index in [0.717, 1.165) is 57.8 Å². The molecule has 0 fully saturated rings. The van der Waals surface area contributed by atoms with Crippen LogP contribution in [0.15, 0.2) is 109 Å². The number of hydrogen-bond acceptors (Lipinski definition) is 6. The molecule has 0 heterocycles. The highest BCUT2D eigenvalue weighted by Gasteiger charge is 2.19. The molecule has 6 heteroatoms. The predicted molar refractivity (Wildman–Crippen MR) is 247 cm³/mol. The number of ether oxygens (including phenoxy) is 3. The van der Waals surface area contributed by atoms with Gasteiger partial charge < -0.3 is 14.2 Å². The number of unbranched alkanes of at least 4 members (excludes halogenated alkanes) is 15. The molecule has 0 aliphatic rings. The largest absolute Gasteiger partial charge is 0.462 e. The summed E-state index contributed by atoms with van der Waals surface area (Å²) in [6, 6.07) is 0. The smallest absolute Gasteiger partial charge is 0.309 e. The summed E-state index contributed by atoms with van der Waals surface area (Å²) in [5.41, 5.74) is 0. The second-order valence-electron chi connectivity index (χ2n) is 14.7. The van der Waals surface area contributed by atoms with Gasteiger partial charge in [-0.1, -0.05) is 201 Å². The zero-order chi connectivity index (χ0) is 42.3. The first-order valence-corrected chi connectivity index (χ1v) is 23.0. The van der Waals surface area contributed by atoms with Crippen LogP contribution < -0.4 is 0 Å². The van der Waals surface area contributed by atoms with Crippen LogP contribution in [-0.4, -0.2) is 37.2 Å². The molecule has 1 unspecified atom stereocenters. The van der Waals surface area contributed by atoms with Crippen molar-refractivity contribution in [1.29, 1.82) is 0 Å². The van der Waals surface area contributed by atoms with Crippen LogP contribution in [0.4, 0.5) is 0 Å². The van der Waals surface area contributed by atoms with Gasteiger partial charge in [0.2, 0.25) is 0 Å². The molecule has 0 saturated heterocycles. The highest BCUT2D eigenvalue weighted by Crippen LogP contribution is 2.12. The third-order valence-corrected chi connectivity index (χ3v) is 9.15. The molecule has 58 heavy (non-hydrogen) atoms. The van der Waals surface area contributed by atoms with E-state index in [9.17, 15) is 14.4 Å². The van der Waals surface area contributed by atoms with Crippen LogP contribution >= 0.6 is 0 Å². The highest BCUT2D eigenvalue weighted by atomic mass is 16.6. The lowest BCUT2D eigenvalue weighted by Gasteiger charge is -2.18. The van der Waals surface area contributed by atoms with Gasteiger partial charge in [-0.05, 0) is 70.6 Å². The minimum Gasteiger partial charge on any atom is -0.462 e. The number of rotatable bonds is 39. The van der Waals surface area contributed by atoms with Gasteiger partial charge in [-0.15, -0.1) is 0 Å². The summed E-state index contributed by atoms with van der Waals surface area (Å²) in [6.45, 7) is 6.18. The second kappa shape index (κ2) is 45.8. The molecular weight excluding hydrogens is 721 g/mol. The maximum Gasteiger partial charge on any atom is 0.309 e. The first-order valence-electron chi connectivity index (χ1n) is 23.0. The van der Waals surface area contributed by atoms with E-state index < -0.39 is 18.0 Å². The molecule has 0 saturated carbocycles. The molecule has 0 aliphatic heterocycles. The topological polar surface area (TPSA) is 78.9 Å². The Morgan fingerprint density at radius 3 is 1.43 bits per heavy atom. The fraction of sp³-hybridized carbons (Fsp3) is 0.596. The third-order valence-electron chi connectivity index (χ3n) is 9.15. The molecule has 0 aromatic rings. The molecule has 326 valence electrons. The number of carbonyl (C=O) groups is 3. The van der Waals surface area contributed by atoms with E-state index in [1.165, 1.54) is 70.6 Å². The zero-order valence-electron chi connectivity index (χ0n) is 37.0. The first-order chi connectivity index (χ1) is 28.5. The van der Waals surface area contributed by atoms with Crippen molar-refractivity contribution in [3.05, 3.63) is 109 Å².